The Labute approximate surface area is 137 Å². The second-order valence-corrected chi connectivity index (χ2v) is 7.57. The highest BCUT2D eigenvalue weighted by atomic mass is 32.1. The Hall–Kier alpha value is -0.940. The van der Waals surface area contributed by atoms with Gasteiger partial charge in [0.25, 0.3) is 0 Å². The van der Waals surface area contributed by atoms with E-state index in [0.29, 0.717) is 13.0 Å². The predicted octanol–water partition coefficient (Wildman–Crippen LogP) is 3.19. The molecule has 0 bridgehead atoms. The number of nitrogens with one attached hydrogen (secondary N) is 1. The van der Waals surface area contributed by atoms with Gasteiger partial charge in [0.05, 0.1) is 5.01 Å². The minimum absolute atomic E-state index is 0.0702. The maximum atomic E-state index is 12.1. The van der Waals surface area contributed by atoms with Crippen molar-refractivity contribution in [2.45, 2.75) is 64.7 Å². The molecule has 1 aromatic rings. The molecule has 2 rings (SSSR count). The molecule has 0 radical (unpaired) electrons. The first-order chi connectivity index (χ1) is 10.6. The number of amides is 1. The number of carbonyl (C=O) groups is 1. The smallest absolute Gasteiger partial charge is 0.220 e. The molecule has 3 N–H and O–H groups in total. The zero-order valence-corrected chi connectivity index (χ0v) is 14.5. The molecular weight excluding hydrogens is 294 g/mol. The summed E-state index contributed by atoms with van der Waals surface area (Å²) >= 11 is 1.73. The number of hydrogen-bond acceptors (Lipinski definition) is 4. The summed E-state index contributed by atoms with van der Waals surface area (Å²) in [7, 11) is 0. The van der Waals surface area contributed by atoms with Gasteiger partial charge in [0, 0.05) is 24.0 Å². The minimum Gasteiger partial charge on any atom is -0.356 e. The van der Waals surface area contributed by atoms with E-state index in [4.69, 9.17) is 5.73 Å². The van der Waals surface area contributed by atoms with E-state index in [9.17, 15) is 4.79 Å². The van der Waals surface area contributed by atoms with E-state index in [2.05, 4.69) is 15.7 Å². The highest BCUT2D eigenvalue weighted by molar-refractivity contribution is 7.09. The molecule has 0 unspecified atom stereocenters. The fourth-order valence-electron chi connectivity index (χ4n) is 3.30. The molecule has 1 aliphatic carbocycles. The van der Waals surface area contributed by atoms with Crippen molar-refractivity contribution in [2.75, 3.05) is 13.1 Å². The van der Waals surface area contributed by atoms with Gasteiger partial charge in [-0.15, -0.1) is 11.3 Å². The third-order valence-corrected chi connectivity index (χ3v) is 5.72. The van der Waals surface area contributed by atoms with Crippen LogP contribution >= 0.6 is 11.3 Å². The number of rotatable bonds is 8. The van der Waals surface area contributed by atoms with E-state index in [1.54, 1.807) is 11.3 Å². The zero-order valence-electron chi connectivity index (χ0n) is 13.7. The SMILES string of the molecule is Cc1csc(CCCCNC(=O)CC2(CN)CCCCC2)n1. The summed E-state index contributed by atoms with van der Waals surface area (Å²) in [5, 5.41) is 6.36. The van der Waals surface area contributed by atoms with Gasteiger partial charge in [-0.05, 0) is 51.0 Å². The van der Waals surface area contributed by atoms with E-state index >= 15 is 0 Å². The van der Waals surface area contributed by atoms with Crippen molar-refractivity contribution >= 4 is 17.2 Å². The average Bonchev–Trinajstić information content (AvgIpc) is 2.93. The zero-order chi connectivity index (χ0) is 15.8. The Balaban J connectivity index is 1.61. The predicted molar refractivity (Wildman–Crippen MR) is 92.0 cm³/mol. The van der Waals surface area contributed by atoms with E-state index in [1.165, 1.54) is 24.3 Å². The van der Waals surface area contributed by atoms with Crippen molar-refractivity contribution < 1.29 is 4.79 Å². The van der Waals surface area contributed by atoms with Gasteiger partial charge in [-0.1, -0.05) is 19.3 Å². The summed E-state index contributed by atoms with van der Waals surface area (Å²) in [5.41, 5.74) is 7.12. The van der Waals surface area contributed by atoms with Crippen LogP contribution in [0.2, 0.25) is 0 Å². The lowest BCUT2D eigenvalue weighted by molar-refractivity contribution is -0.123. The van der Waals surface area contributed by atoms with Gasteiger partial charge in [0.2, 0.25) is 5.91 Å². The molecule has 5 heteroatoms. The van der Waals surface area contributed by atoms with Gasteiger partial charge in [0.15, 0.2) is 0 Å². The van der Waals surface area contributed by atoms with Gasteiger partial charge in [-0.3, -0.25) is 4.79 Å². The van der Waals surface area contributed by atoms with Crippen LogP contribution in [0.1, 0.15) is 62.1 Å². The number of nitrogens with two attached hydrogens (primary N) is 1. The van der Waals surface area contributed by atoms with Crippen molar-refractivity contribution in [1.29, 1.82) is 0 Å². The topological polar surface area (TPSA) is 68.0 Å². The molecule has 1 amide bonds. The third kappa shape index (κ3) is 5.36. The van der Waals surface area contributed by atoms with Crippen LogP contribution in [0.3, 0.4) is 0 Å². The lowest BCUT2D eigenvalue weighted by Crippen LogP contribution is -2.38. The summed E-state index contributed by atoms with van der Waals surface area (Å²) < 4.78 is 0. The molecule has 0 saturated heterocycles. The summed E-state index contributed by atoms with van der Waals surface area (Å²) in [6, 6.07) is 0. The van der Waals surface area contributed by atoms with E-state index < -0.39 is 0 Å². The second-order valence-electron chi connectivity index (χ2n) is 6.63. The highest BCUT2D eigenvalue weighted by Gasteiger charge is 2.32. The molecule has 1 aromatic heterocycles. The molecule has 1 saturated carbocycles. The summed E-state index contributed by atoms with van der Waals surface area (Å²) in [6.45, 7) is 3.44. The van der Waals surface area contributed by atoms with Crippen LogP contribution in [-0.4, -0.2) is 24.0 Å². The average molecular weight is 324 g/mol. The van der Waals surface area contributed by atoms with Gasteiger partial charge in [-0.25, -0.2) is 4.98 Å². The number of aryl methyl sites for hydroxylation is 2. The van der Waals surface area contributed by atoms with Crippen LogP contribution in [0.15, 0.2) is 5.38 Å². The fraction of sp³-hybridized carbons (Fsp3) is 0.765. The molecule has 0 aliphatic heterocycles. The Morgan fingerprint density at radius 3 is 2.77 bits per heavy atom. The Kier molecular flexibility index (Phi) is 6.83. The van der Waals surface area contributed by atoms with Gasteiger partial charge >= 0.3 is 0 Å². The second kappa shape index (κ2) is 8.63. The van der Waals surface area contributed by atoms with Crippen LogP contribution in [0.25, 0.3) is 0 Å². The van der Waals surface area contributed by atoms with Crippen molar-refractivity contribution in [2.24, 2.45) is 11.1 Å². The first-order valence-corrected chi connectivity index (χ1v) is 9.39. The number of thiazole rings is 1. The number of hydrogen-bond donors (Lipinski definition) is 2. The lowest BCUT2D eigenvalue weighted by Gasteiger charge is -2.35. The molecule has 4 nitrogen and oxygen atoms in total. The molecule has 1 aliphatic rings. The van der Waals surface area contributed by atoms with Gasteiger partial charge in [0.1, 0.15) is 0 Å². The fourth-order valence-corrected chi connectivity index (χ4v) is 4.12. The van der Waals surface area contributed by atoms with Crippen molar-refractivity contribution in [3.8, 4) is 0 Å². The minimum atomic E-state index is 0.0702. The molecule has 124 valence electrons. The number of carbonyl (C=O) groups excluding carboxylic acids is 1. The first-order valence-electron chi connectivity index (χ1n) is 8.51. The summed E-state index contributed by atoms with van der Waals surface area (Å²) in [4.78, 5) is 16.6. The molecule has 1 fully saturated rings. The third-order valence-electron chi connectivity index (χ3n) is 4.69. The molecular formula is C17H29N3OS. The van der Waals surface area contributed by atoms with Crippen LogP contribution in [-0.2, 0) is 11.2 Å². The summed E-state index contributed by atoms with van der Waals surface area (Å²) in [5.74, 6) is 0.178. The maximum Gasteiger partial charge on any atom is 0.220 e. The van der Waals surface area contributed by atoms with Gasteiger partial charge < -0.3 is 11.1 Å². The Morgan fingerprint density at radius 2 is 2.14 bits per heavy atom. The highest BCUT2D eigenvalue weighted by Crippen LogP contribution is 2.38. The normalized spacial score (nSPS) is 17.4. The summed E-state index contributed by atoms with van der Waals surface area (Å²) in [6.07, 6.45) is 9.67. The molecule has 0 aromatic carbocycles. The molecule has 0 atom stereocenters. The monoisotopic (exact) mass is 323 g/mol. The number of aromatic nitrogens is 1. The molecule has 22 heavy (non-hydrogen) atoms. The first kappa shape index (κ1) is 17.4. The Bertz CT molecular complexity index is 466. The lowest BCUT2D eigenvalue weighted by atomic mass is 9.71. The Morgan fingerprint density at radius 1 is 1.36 bits per heavy atom. The van der Waals surface area contributed by atoms with Crippen LogP contribution in [0.4, 0.5) is 0 Å². The van der Waals surface area contributed by atoms with Crippen molar-refractivity contribution in [3.05, 3.63) is 16.1 Å². The number of unbranched alkanes of at least 4 members (excludes halogenated alkanes) is 1. The van der Waals surface area contributed by atoms with E-state index in [-0.39, 0.29) is 11.3 Å². The standard InChI is InChI=1S/C17H29N3OS/c1-14-12-22-16(20-14)7-3-6-10-19-15(21)11-17(13-18)8-4-2-5-9-17/h12H,2-11,13,18H2,1H3,(H,19,21). The maximum absolute atomic E-state index is 12.1. The van der Waals surface area contributed by atoms with E-state index in [0.717, 1.165) is 44.3 Å². The largest absolute Gasteiger partial charge is 0.356 e. The van der Waals surface area contributed by atoms with Gasteiger partial charge in [-0.2, -0.15) is 0 Å². The van der Waals surface area contributed by atoms with E-state index in [1.807, 2.05) is 6.92 Å². The number of nitrogens with zero attached hydrogens (tertiary/aromatic N) is 1. The quantitative estimate of drug-likeness (QED) is 0.722. The van der Waals surface area contributed by atoms with Crippen molar-refractivity contribution in [3.63, 3.8) is 0 Å². The van der Waals surface area contributed by atoms with Crippen LogP contribution in [0.5, 0.6) is 0 Å². The van der Waals surface area contributed by atoms with Crippen LogP contribution < -0.4 is 11.1 Å². The molecule has 1 heterocycles. The molecule has 0 spiro atoms. The van der Waals surface area contributed by atoms with Crippen LogP contribution in [0, 0.1) is 12.3 Å². The van der Waals surface area contributed by atoms with Crippen molar-refractivity contribution in [1.82, 2.24) is 10.3 Å².